The first kappa shape index (κ1) is 31.8. The molecular weight excluding hydrogens is 627 g/mol. The Morgan fingerprint density at radius 1 is 0.442 bits per heavy atom. The minimum atomic E-state index is -0.0878. The van der Waals surface area contributed by atoms with Crippen molar-refractivity contribution in [1.82, 2.24) is 0 Å². The number of benzene rings is 7. The van der Waals surface area contributed by atoms with Crippen LogP contribution in [0.25, 0.3) is 57.7 Å². The van der Waals surface area contributed by atoms with E-state index in [-0.39, 0.29) is 5.41 Å². The monoisotopic (exact) mass is 667 g/mol. The lowest BCUT2D eigenvalue weighted by Gasteiger charge is -2.30. The summed E-state index contributed by atoms with van der Waals surface area (Å²) in [6.45, 7) is 9.07. The first-order valence-electron chi connectivity index (χ1n) is 18.3. The van der Waals surface area contributed by atoms with Crippen molar-refractivity contribution in [2.24, 2.45) is 0 Å². The van der Waals surface area contributed by atoms with E-state index >= 15 is 0 Å². The summed E-state index contributed by atoms with van der Waals surface area (Å²) in [6.07, 6.45) is 9.08. The molecule has 0 amide bonds. The van der Waals surface area contributed by atoms with Gasteiger partial charge in [-0.1, -0.05) is 147 Å². The molecule has 2 aliphatic rings. The highest BCUT2D eigenvalue weighted by Crippen LogP contribution is 2.52. The Hall–Kier alpha value is -6.18. The lowest BCUT2D eigenvalue weighted by Crippen LogP contribution is -2.17. The van der Waals surface area contributed by atoms with Gasteiger partial charge in [-0.25, -0.2) is 0 Å². The molecule has 0 N–H and O–H groups in total. The number of aryl methyl sites for hydroxylation is 2. The molecule has 0 fully saturated rings. The number of nitrogens with zero attached hydrogens (tertiary/aromatic N) is 1. The maximum Gasteiger partial charge on any atom is 0.0534 e. The molecule has 0 bridgehead atoms. The van der Waals surface area contributed by atoms with Crippen LogP contribution < -0.4 is 4.90 Å². The predicted octanol–water partition coefficient (Wildman–Crippen LogP) is 14.1. The van der Waals surface area contributed by atoms with Crippen molar-refractivity contribution in [3.8, 4) is 33.4 Å². The Bertz CT molecular complexity index is 2560. The molecule has 9 rings (SSSR count). The summed E-state index contributed by atoms with van der Waals surface area (Å²) >= 11 is 0. The van der Waals surface area contributed by atoms with Gasteiger partial charge < -0.3 is 4.90 Å². The molecule has 250 valence electrons. The second-order valence-corrected chi connectivity index (χ2v) is 14.7. The zero-order valence-electron chi connectivity index (χ0n) is 30.2. The second kappa shape index (κ2) is 12.5. The molecule has 0 spiro atoms. The molecule has 0 aromatic heterocycles. The Morgan fingerprint density at radius 2 is 1.02 bits per heavy atom. The van der Waals surface area contributed by atoms with E-state index in [1.54, 1.807) is 0 Å². The molecule has 0 radical (unpaired) electrons. The van der Waals surface area contributed by atoms with Gasteiger partial charge >= 0.3 is 0 Å². The van der Waals surface area contributed by atoms with Gasteiger partial charge in [0.05, 0.1) is 11.4 Å². The molecule has 1 aliphatic heterocycles. The smallest absolute Gasteiger partial charge is 0.0534 e. The molecule has 7 aromatic rings. The van der Waals surface area contributed by atoms with Gasteiger partial charge in [0.1, 0.15) is 0 Å². The Morgan fingerprint density at radius 3 is 1.77 bits per heavy atom. The molecule has 1 heteroatoms. The third kappa shape index (κ3) is 5.41. The lowest BCUT2D eigenvalue weighted by molar-refractivity contribution is 0.660. The molecule has 0 unspecified atom stereocenters. The van der Waals surface area contributed by atoms with Crippen LogP contribution in [0.2, 0.25) is 0 Å². The quantitative estimate of drug-likeness (QED) is 0.165. The van der Waals surface area contributed by atoms with E-state index in [0.29, 0.717) is 0 Å². The number of rotatable bonds is 5. The van der Waals surface area contributed by atoms with Crippen LogP contribution >= 0.6 is 0 Å². The van der Waals surface area contributed by atoms with Gasteiger partial charge in [-0.15, -0.1) is 0 Å². The fourth-order valence-electron chi connectivity index (χ4n) is 8.14. The average molecular weight is 668 g/mol. The molecule has 7 aromatic carbocycles. The van der Waals surface area contributed by atoms with Crippen LogP contribution in [0, 0.1) is 13.8 Å². The summed E-state index contributed by atoms with van der Waals surface area (Å²) in [7, 11) is 0. The summed E-state index contributed by atoms with van der Waals surface area (Å²) in [4.78, 5) is 2.47. The van der Waals surface area contributed by atoms with Gasteiger partial charge in [0, 0.05) is 11.1 Å². The second-order valence-electron chi connectivity index (χ2n) is 14.7. The van der Waals surface area contributed by atoms with E-state index in [2.05, 4.69) is 209 Å². The molecule has 0 saturated heterocycles. The number of fused-ring (bicyclic) bond motifs is 5. The topological polar surface area (TPSA) is 3.24 Å². The third-order valence-corrected chi connectivity index (χ3v) is 11.2. The predicted molar refractivity (Wildman–Crippen MR) is 223 cm³/mol. The molecule has 1 heterocycles. The Kier molecular flexibility index (Phi) is 7.67. The van der Waals surface area contributed by atoms with Gasteiger partial charge in [-0.3, -0.25) is 0 Å². The normalized spacial score (nSPS) is 13.7. The summed E-state index contributed by atoms with van der Waals surface area (Å²) in [5, 5.41) is 0. The number of anilines is 3. The summed E-state index contributed by atoms with van der Waals surface area (Å²) < 4.78 is 0. The maximum absolute atomic E-state index is 2.47. The third-order valence-electron chi connectivity index (χ3n) is 11.2. The highest BCUT2D eigenvalue weighted by molar-refractivity contribution is 5.96. The molecule has 0 saturated carbocycles. The fraction of sp³-hybridized carbons (Fsp3) is 0.0980. The van der Waals surface area contributed by atoms with Crippen molar-refractivity contribution in [2.45, 2.75) is 33.1 Å². The summed E-state index contributed by atoms with van der Waals surface area (Å²) in [6, 6.07) is 55.8. The van der Waals surface area contributed by atoms with E-state index in [9.17, 15) is 0 Å². The van der Waals surface area contributed by atoms with Crippen LogP contribution in [0.1, 0.15) is 58.4 Å². The van der Waals surface area contributed by atoms with Crippen LogP contribution in [0.5, 0.6) is 0 Å². The highest BCUT2D eigenvalue weighted by Gasteiger charge is 2.36. The van der Waals surface area contributed by atoms with E-state index in [4.69, 9.17) is 0 Å². The maximum atomic E-state index is 2.47. The average Bonchev–Trinajstić information content (AvgIpc) is 3.29. The molecular formula is C51H41N. The van der Waals surface area contributed by atoms with Crippen molar-refractivity contribution in [3.63, 3.8) is 0 Å². The van der Waals surface area contributed by atoms with Crippen LogP contribution in [-0.4, -0.2) is 0 Å². The molecule has 52 heavy (non-hydrogen) atoms. The Balaban J connectivity index is 1.17. The van der Waals surface area contributed by atoms with E-state index in [0.717, 1.165) is 0 Å². The fourth-order valence-corrected chi connectivity index (χ4v) is 8.14. The zero-order chi connectivity index (χ0) is 35.4. The number of hydrogen-bond donors (Lipinski definition) is 0. The van der Waals surface area contributed by atoms with Crippen LogP contribution in [0.15, 0.2) is 152 Å². The van der Waals surface area contributed by atoms with E-state index in [1.807, 2.05) is 0 Å². The lowest BCUT2D eigenvalue weighted by atomic mass is 9.82. The number of hydrogen-bond acceptors (Lipinski definition) is 1. The van der Waals surface area contributed by atoms with Gasteiger partial charge in [-0.2, -0.15) is 0 Å². The zero-order valence-corrected chi connectivity index (χ0v) is 30.2. The van der Waals surface area contributed by atoms with E-state index in [1.165, 1.54) is 95.0 Å². The first-order chi connectivity index (χ1) is 25.3. The van der Waals surface area contributed by atoms with Crippen molar-refractivity contribution < 1.29 is 0 Å². The van der Waals surface area contributed by atoms with Gasteiger partial charge in [0.2, 0.25) is 0 Å². The van der Waals surface area contributed by atoms with Gasteiger partial charge in [0.15, 0.2) is 0 Å². The standard InChI is InChI=1S/C51H41N/c1-34-12-8-9-13-36(34)20-21-38-30-40(19-18-35(38)2)41-25-29-50-43(32-41)23-22-42-31-39(37-14-6-5-7-15-37)24-28-49(42)52(50)44-26-27-46-45-16-10-11-17-47(45)51(3,4)48(46)33-44/h5-33H,1-4H3/b21-20-. The SMILES string of the molecule is Cc1ccccc1/C=C\c1cc(-c2ccc3c(c2)C=Cc2cc(-c4ccccc4)ccc2N3c2ccc3c(c2)C(C)(C)c2ccccc2-3)ccc1C. The summed E-state index contributed by atoms with van der Waals surface area (Å²) in [5.41, 5.74) is 21.1. The largest absolute Gasteiger partial charge is 0.309 e. The van der Waals surface area contributed by atoms with Crippen LogP contribution in [0.3, 0.4) is 0 Å². The van der Waals surface area contributed by atoms with Crippen LogP contribution in [-0.2, 0) is 5.41 Å². The van der Waals surface area contributed by atoms with Crippen molar-refractivity contribution in [2.75, 3.05) is 4.90 Å². The molecule has 1 nitrogen and oxygen atoms in total. The minimum Gasteiger partial charge on any atom is -0.309 e. The van der Waals surface area contributed by atoms with Crippen molar-refractivity contribution >= 4 is 41.4 Å². The summed E-state index contributed by atoms with van der Waals surface area (Å²) in [5.74, 6) is 0. The molecule has 1 aliphatic carbocycles. The van der Waals surface area contributed by atoms with Crippen molar-refractivity contribution in [3.05, 3.63) is 196 Å². The van der Waals surface area contributed by atoms with E-state index < -0.39 is 0 Å². The van der Waals surface area contributed by atoms with Gasteiger partial charge in [0.25, 0.3) is 0 Å². The highest BCUT2D eigenvalue weighted by atomic mass is 15.1. The minimum absolute atomic E-state index is 0.0878. The Labute approximate surface area is 307 Å². The van der Waals surface area contributed by atoms with Crippen LogP contribution in [0.4, 0.5) is 17.1 Å². The molecule has 0 atom stereocenters. The van der Waals surface area contributed by atoms with Crippen molar-refractivity contribution in [1.29, 1.82) is 0 Å². The van der Waals surface area contributed by atoms with Gasteiger partial charge in [-0.05, 0) is 134 Å². The first-order valence-corrected chi connectivity index (χ1v) is 18.3.